The molecule has 8 aromatic carbocycles. The highest BCUT2D eigenvalue weighted by Crippen LogP contribution is 2.51. The summed E-state index contributed by atoms with van der Waals surface area (Å²) in [6, 6.07) is 62.8. The van der Waals surface area contributed by atoms with Crippen LogP contribution < -0.4 is 4.90 Å². The molecule has 3 heterocycles. The fraction of sp³-hybridized carbons (Fsp3) is 0.0566. The van der Waals surface area contributed by atoms with Crippen molar-refractivity contribution in [1.82, 2.24) is 9.97 Å². The van der Waals surface area contributed by atoms with Gasteiger partial charge in [-0.15, -0.1) is 11.3 Å². The van der Waals surface area contributed by atoms with Crippen LogP contribution in [-0.4, -0.2) is 9.97 Å². The van der Waals surface area contributed by atoms with E-state index in [1.54, 1.807) is 11.3 Å². The van der Waals surface area contributed by atoms with Crippen LogP contribution in [0, 0.1) is 0 Å². The average Bonchev–Trinajstić information content (AvgIpc) is 3.91. The summed E-state index contributed by atoms with van der Waals surface area (Å²) in [5, 5.41) is 5.79. The maximum atomic E-state index is 6.52. The van der Waals surface area contributed by atoms with Crippen molar-refractivity contribution < 1.29 is 4.42 Å². The standard InChI is InChI=1S/C53H35N3OS/c1-53(2)43-18-10-8-16-39(43)40-28-26-37(31-44(40)53)56(35-13-4-3-5-14-35)36-24-20-33(21-25-36)52-54-49(51-50(55-52)42-17-9-11-19-47(42)58-51)34-22-27-41-46(30-34)57-45-29-23-32-12-6-7-15-38(32)48(41)45/h3-31H,1-2H3. The van der Waals surface area contributed by atoms with Crippen LogP contribution in [0.3, 0.4) is 0 Å². The molecule has 11 aromatic rings. The number of hydrogen-bond acceptors (Lipinski definition) is 5. The molecule has 5 heteroatoms. The van der Waals surface area contributed by atoms with E-state index in [0.29, 0.717) is 5.82 Å². The Morgan fingerprint density at radius 3 is 2.10 bits per heavy atom. The second kappa shape index (κ2) is 12.5. The quantitative estimate of drug-likeness (QED) is 0.175. The minimum Gasteiger partial charge on any atom is -0.456 e. The summed E-state index contributed by atoms with van der Waals surface area (Å²) in [6.07, 6.45) is 0. The number of aromatic nitrogens is 2. The Hall–Kier alpha value is -7.08. The summed E-state index contributed by atoms with van der Waals surface area (Å²) in [4.78, 5) is 13.0. The molecule has 0 spiro atoms. The SMILES string of the molecule is CC1(C)c2ccccc2-c2ccc(N(c3ccccc3)c3ccc(-c4nc(-c5ccc6c(c5)oc5ccc7ccccc7c56)c5sc6ccccc6c5n4)cc3)cc21. The lowest BCUT2D eigenvalue weighted by Gasteiger charge is -2.28. The number of fused-ring (bicyclic) bond motifs is 11. The molecule has 0 fully saturated rings. The Morgan fingerprint density at radius 1 is 0.517 bits per heavy atom. The summed E-state index contributed by atoms with van der Waals surface area (Å²) in [5.41, 5.74) is 14.1. The highest BCUT2D eigenvalue weighted by Gasteiger charge is 2.35. The molecule has 1 aliphatic rings. The lowest BCUT2D eigenvalue weighted by Crippen LogP contribution is -2.16. The lowest BCUT2D eigenvalue weighted by molar-refractivity contribution is 0.660. The van der Waals surface area contributed by atoms with Gasteiger partial charge in [-0.3, -0.25) is 0 Å². The van der Waals surface area contributed by atoms with Crippen molar-refractivity contribution in [3.8, 4) is 33.8 Å². The van der Waals surface area contributed by atoms with Crippen LogP contribution in [0.5, 0.6) is 0 Å². The predicted molar refractivity (Wildman–Crippen MR) is 243 cm³/mol. The van der Waals surface area contributed by atoms with E-state index in [1.165, 1.54) is 37.7 Å². The molecule has 58 heavy (non-hydrogen) atoms. The number of thiophene rings is 1. The van der Waals surface area contributed by atoms with Gasteiger partial charge in [-0.25, -0.2) is 9.97 Å². The van der Waals surface area contributed by atoms with Crippen molar-refractivity contribution in [3.63, 3.8) is 0 Å². The van der Waals surface area contributed by atoms with Crippen LogP contribution in [0.25, 0.3) is 86.8 Å². The summed E-state index contributed by atoms with van der Waals surface area (Å²) >= 11 is 1.74. The molecule has 274 valence electrons. The first-order valence-electron chi connectivity index (χ1n) is 19.7. The maximum Gasteiger partial charge on any atom is 0.160 e. The van der Waals surface area contributed by atoms with E-state index in [2.05, 4.69) is 195 Å². The van der Waals surface area contributed by atoms with Gasteiger partial charge < -0.3 is 9.32 Å². The van der Waals surface area contributed by atoms with Crippen LogP contribution in [0.4, 0.5) is 17.1 Å². The molecule has 0 amide bonds. The number of para-hydroxylation sites is 1. The highest BCUT2D eigenvalue weighted by molar-refractivity contribution is 7.26. The Kier molecular flexibility index (Phi) is 7.11. The molecular weight excluding hydrogens is 727 g/mol. The molecule has 0 radical (unpaired) electrons. The normalized spacial score (nSPS) is 13.1. The zero-order valence-corrected chi connectivity index (χ0v) is 32.7. The van der Waals surface area contributed by atoms with Crippen LogP contribution >= 0.6 is 11.3 Å². The minimum absolute atomic E-state index is 0.100. The molecule has 0 N–H and O–H groups in total. The van der Waals surface area contributed by atoms with Gasteiger partial charge in [-0.05, 0) is 106 Å². The zero-order valence-electron chi connectivity index (χ0n) is 31.9. The second-order valence-electron chi connectivity index (χ2n) is 15.8. The molecule has 4 nitrogen and oxygen atoms in total. The van der Waals surface area contributed by atoms with E-state index >= 15 is 0 Å². The Bertz CT molecular complexity index is 3430. The van der Waals surface area contributed by atoms with Crippen LogP contribution in [0.1, 0.15) is 25.0 Å². The molecule has 0 aliphatic heterocycles. The summed E-state index contributed by atoms with van der Waals surface area (Å²) in [6.45, 7) is 4.67. The Balaban J connectivity index is 0.988. The molecule has 12 rings (SSSR count). The molecule has 0 bridgehead atoms. The van der Waals surface area contributed by atoms with Gasteiger partial charge in [0.05, 0.1) is 15.9 Å². The van der Waals surface area contributed by atoms with Crippen LogP contribution in [0.2, 0.25) is 0 Å². The first-order chi connectivity index (χ1) is 28.5. The number of anilines is 3. The third-order valence-electron chi connectivity index (χ3n) is 12.1. The summed E-state index contributed by atoms with van der Waals surface area (Å²) < 4.78 is 8.78. The van der Waals surface area contributed by atoms with Gasteiger partial charge in [0.25, 0.3) is 0 Å². The van der Waals surface area contributed by atoms with Crippen molar-refractivity contribution in [1.29, 1.82) is 0 Å². The van der Waals surface area contributed by atoms with Crippen LogP contribution in [-0.2, 0) is 5.41 Å². The fourth-order valence-corrected chi connectivity index (χ4v) is 10.4. The van der Waals surface area contributed by atoms with Gasteiger partial charge in [0.15, 0.2) is 5.82 Å². The van der Waals surface area contributed by atoms with Crippen molar-refractivity contribution in [2.24, 2.45) is 0 Å². The van der Waals surface area contributed by atoms with Gasteiger partial charge in [0.1, 0.15) is 11.2 Å². The molecule has 0 saturated heterocycles. The largest absolute Gasteiger partial charge is 0.456 e. The summed E-state index contributed by atoms with van der Waals surface area (Å²) in [5.74, 6) is 0.691. The van der Waals surface area contributed by atoms with Gasteiger partial charge in [-0.1, -0.05) is 117 Å². The van der Waals surface area contributed by atoms with E-state index in [1.807, 2.05) is 0 Å². The third-order valence-corrected chi connectivity index (χ3v) is 13.2. The fourth-order valence-electron chi connectivity index (χ4n) is 9.22. The first kappa shape index (κ1) is 33.1. The number of benzene rings is 8. The molecule has 0 unspecified atom stereocenters. The maximum absolute atomic E-state index is 6.52. The Morgan fingerprint density at radius 2 is 1.22 bits per heavy atom. The van der Waals surface area contributed by atoms with Crippen molar-refractivity contribution >= 4 is 81.4 Å². The molecule has 1 aliphatic carbocycles. The zero-order chi connectivity index (χ0) is 38.5. The number of hydrogen-bond donors (Lipinski definition) is 0. The molecular formula is C53H35N3OS. The number of rotatable bonds is 5. The molecule has 0 atom stereocenters. The monoisotopic (exact) mass is 761 g/mol. The van der Waals surface area contributed by atoms with Gasteiger partial charge >= 0.3 is 0 Å². The van der Waals surface area contributed by atoms with Crippen molar-refractivity contribution in [2.75, 3.05) is 4.90 Å². The van der Waals surface area contributed by atoms with E-state index < -0.39 is 0 Å². The van der Waals surface area contributed by atoms with E-state index in [4.69, 9.17) is 14.4 Å². The lowest BCUT2D eigenvalue weighted by atomic mass is 9.82. The average molecular weight is 762 g/mol. The summed E-state index contributed by atoms with van der Waals surface area (Å²) in [7, 11) is 0. The van der Waals surface area contributed by atoms with E-state index in [0.717, 1.165) is 71.4 Å². The highest BCUT2D eigenvalue weighted by atomic mass is 32.1. The van der Waals surface area contributed by atoms with Gasteiger partial charge in [0.2, 0.25) is 0 Å². The minimum atomic E-state index is -0.100. The second-order valence-corrected chi connectivity index (χ2v) is 16.8. The molecule has 0 saturated carbocycles. The van der Waals surface area contributed by atoms with E-state index in [-0.39, 0.29) is 5.41 Å². The van der Waals surface area contributed by atoms with E-state index in [9.17, 15) is 0 Å². The topological polar surface area (TPSA) is 42.2 Å². The smallest absolute Gasteiger partial charge is 0.160 e. The molecule has 3 aromatic heterocycles. The Labute approximate surface area is 339 Å². The first-order valence-corrected chi connectivity index (χ1v) is 20.5. The number of nitrogens with zero attached hydrogens (tertiary/aromatic N) is 3. The van der Waals surface area contributed by atoms with Crippen LogP contribution in [0.15, 0.2) is 180 Å². The van der Waals surface area contributed by atoms with Crippen molar-refractivity contribution in [3.05, 3.63) is 187 Å². The van der Waals surface area contributed by atoms with Crippen molar-refractivity contribution in [2.45, 2.75) is 19.3 Å². The number of furan rings is 1. The predicted octanol–water partition coefficient (Wildman–Crippen LogP) is 15.0. The third kappa shape index (κ3) is 4.93. The van der Waals surface area contributed by atoms with Gasteiger partial charge in [-0.2, -0.15) is 0 Å². The van der Waals surface area contributed by atoms with Gasteiger partial charge in [0, 0.05) is 54.5 Å².